The van der Waals surface area contributed by atoms with E-state index in [1.807, 2.05) is 0 Å². The molecule has 0 unspecified atom stereocenters. The topological polar surface area (TPSA) is 315 Å². The van der Waals surface area contributed by atoms with Gasteiger partial charge in [-0.15, -0.1) is 10.2 Å². The molecule has 308 valence electrons. The fourth-order valence-corrected chi connectivity index (χ4v) is 7.36. The van der Waals surface area contributed by atoms with Crippen molar-refractivity contribution in [3.63, 3.8) is 0 Å². The van der Waals surface area contributed by atoms with Crippen LogP contribution in [0, 0.1) is 0 Å². The molecular formula is C36H38N6O12S4. The molecule has 0 radical (unpaired) electrons. The van der Waals surface area contributed by atoms with E-state index in [2.05, 4.69) is 47.2 Å². The molecule has 9 N–H and O–H groups in total. The van der Waals surface area contributed by atoms with Crippen LogP contribution in [0.2, 0.25) is 0 Å². The monoisotopic (exact) mass is 874 g/mol. The summed E-state index contributed by atoms with van der Waals surface area (Å²) in [4.78, 5) is 11.3. The van der Waals surface area contributed by atoms with Crippen molar-refractivity contribution in [2.24, 2.45) is 10.2 Å². The third kappa shape index (κ3) is 12.4. The maximum absolute atomic E-state index is 12.5. The second-order valence-electron chi connectivity index (χ2n) is 11.7. The smallest absolute Gasteiger partial charge is 0.296 e. The average Bonchev–Trinajstić information content (AvgIpc) is 3.14. The van der Waals surface area contributed by atoms with Gasteiger partial charge in [0.1, 0.15) is 22.0 Å². The molecule has 0 fully saturated rings. The molecular weight excluding hydrogens is 837 g/mol. The highest BCUT2D eigenvalue weighted by molar-refractivity contribution is 7.94. The van der Waals surface area contributed by atoms with Gasteiger partial charge in [-0.2, -0.15) is 16.8 Å². The molecule has 0 aliphatic carbocycles. The van der Waals surface area contributed by atoms with E-state index in [0.29, 0.717) is 11.4 Å². The van der Waals surface area contributed by atoms with Crippen LogP contribution >= 0.6 is 0 Å². The van der Waals surface area contributed by atoms with Crippen molar-refractivity contribution in [2.75, 3.05) is 27.9 Å². The summed E-state index contributed by atoms with van der Waals surface area (Å²) in [5, 5.41) is 26.0. The summed E-state index contributed by atoms with van der Waals surface area (Å²) in [5.41, 5.74) is 11.3. The normalized spacial score (nSPS) is 12.3. The Morgan fingerprint density at radius 2 is 1.41 bits per heavy atom. The lowest BCUT2D eigenvalue weighted by Gasteiger charge is -2.14. The van der Waals surface area contributed by atoms with Crippen LogP contribution in [-0.4, -0.2) is 59.5 Å². The highest BCUT2D eigenvalue weighted by Gasteiger charge is 2.22. The molecule has 0 heterocycles. The van der Waals surface area contributed by atoms with E-state index >= 15 is 0 Å². The van der Waals surface area contributed by atoms with Crippen LogP contribution in [-0.2, 0) is 44.7 Å². The molecule has 22 heteroatoms. The van der Waals surface area contributed by atoms with Crippen molar-refractivity contribution >= 4 is 90.7 Å². The second kappa shape index (κ2) is 18.8. The Hall–Kier alpha value is -6.17. The standard InChI is InChI=1S/C28H29N5O10S3.C8H9NO2S/c1-4-8-18(5-2)30-21-11-10-17-13-19(45(38,39)40)14-24(34)27(17)28(21)33-32-23-16-22(20(29)15-25(23)46(41,42)43)31-26(35)9-7-12-44(36,37)6-3;1-2-12(10,11)8-5-3-7(9)4-6-8/h4-6,8,10-11,13-16,30,34H,1-3,7,9,12,29H2,(H,31,35)(H,38,39,40)(H,41,42,43);2-6H,1,9H2/b18-8+,33-32?;. The van der Waals surface area contributed by atoms with Crippen LogP contribution in [0.15, 0.2) is 147 Å². The van der Waals surface area contributed by atoms with Gasteiger partial charge in [0.05, 0.1) is 38.0 Å². The summed E-state index contributed by atoms with van der Waals surface area (Å²) in [7, 11) is -16.5. The molecule has 0 aromatic heterocycles. The number of hydrogen-bond acceptors (Lipinski definition) is 15. The van der Waals surface area contributed by atoms with Crippen molar-refractivity contribution in [3.8, 4) is 5.75 Å². The Kier molecular flexibility index (Phi) is 15.0. The number of nitrogens with zero attached hydrogens (tertiary/aromatic N) is 2. The highest BCUT2D eigenvalue weighted by Crippen LogP contribution is 2.43. The molecule has 0 aliphatic heterocycles. The number of hydrogen-bond donors (Lipinski definition) is 7. The van der Waals surface area contributed by atoms with Crippen LogP contribution in [0.25, 0.3) is 10.8 Å². The Bertz CT molecular complexity index is 2800. The number of phenols is 1. The fourth-order valence-electron chi connectivity index (χ4n) is 4.76. The third-order valence-corrected chi connectivity index (χ3v) is 12.0. The molecule has 18 nitrogen and oxygen atoms in total. The minimum Gasteiger partial charge on any atom is -0.507 e. The molecule has 4 aromatic rings. The van der Waals surface area contributed by atoms with Crippen molar-refractivity contribution in [2.45, 2.75) is 27.5 Å². The molecule has 0 aliphatic rings. The first-order valence-corrected chi connectivity index (χ1v) is 22.3. The highest BCUT2D eigenvalue weighted by atomic mass is 32.2. The second-order valence-corrected chi connectivity index (χ2v) is 18.5. The summed E-state index contributed by atoms with van der Waals surface area (Å²) < 4.78 is 113. The zero-order valence-corrected chi connectivity index (χ0v) is 33.6. The summed E-state index contributed by atoms with van der Waals surface area (Å²) in [5.74, 6) is -1.65. The summed E-state index contributed by atoms with van der Waals surface area (Å²) >= 11 is 0. The number of azo groups is 1. The van der Waals surface area contributed by atoms with Crippen molar-refractivity contribution in [1.82, 2.24) is 0 Å². The lowest BCUT2D eigenvalue weighted by Crippen LogP contribution is -2.15. The molecule has 0 spiro atoms. The molecule has 4 aromatic carbocycles. The molecule has 0 atom stereocenters. The molecule has 0 saturated carbocycles. The van der Waals surface area contributed by atoms with Gasteiger partial charge in [-0.3, -0.25) is 13.9 Å². The molecule has 58 heavy (non-hydrogen) atoms. The van der Waals surface area contributed by atoms with Gasteiger partial charge in [-0.1, -0.05) is 38.5 Å². The fraction of sp³-hybridized carbons (Fsp3) is 0.0833. The predicted octanol–water partition coefficient (Wildman–Crippen LogP) is 6.17. The number of amides is 1. The maximum atomic E-state index is 12.5. The summed E-state index contributed by atoms with van der Waals surface area (Å²) in [6, 6.07) is 12.5. The molecule has 4 rings (SSSR count). The SMILES string of the molecule is C=C/C=C(\C=C)Nc1ccc2cc(S(=O)(=O)O)cc(O)c2c1N=Nc1cc(NC(=O)CCCS(=O)(=O)C=C)c(N)cc1S(=O)(=O)O.C=CS(=O)(=O)c1ccc(N)cc1. The molecule has 0 bridgehead atoms. The first-order chi connectivity index (χ1) is 27.0. The van der Waals surface area contributed by atoms with E-state index in [1.54, 1.807) is 0 Å². The van der Waals surface area contributed by atoms with Gasteiger partial charge in [0.15, 0.2) is 19.7 Å². The zero-order chi connectivity index (χ0) is 43.6. The number of phenolic OH excluding ortho intramolecular Hbond substituents is 1. The van der Waals surface area contributed by atoms with Crippen LogP contribution in [0.4, 0.5) is 34.1 Å². The van der Waals surface area contributed by atoms with E-state index in [1.165, 1.54) is 54.6 Å². The van der Waals surface area contributed by atoms with Gasteiger partial charge < -0.3 is 27.2 Å². The van der Waals surface area contributed by atoms with Crippen LogP contribution in [0.1, 0.15) is 12.8 Å². The first kappa shape index (κ1) is 46.2. The minimum absolute atomic E-state index is 0.0532. The molecule has 1 amide bonds. The Morgan fingerprint density at radius 3 is 1.97 bits per heavy atom. The van der Waals surface area contributed by atoms with E-state index in [0.717, 1.165) is 35.1 Å². The number of fused-ring (bicyclic) bond motifs is 1. The zero-order valence-electron chi connectivity index (χ0n) is 30.3. The maximum Gasteiger partial charge on any atom is 0.296 e. The van der Waals surface area contributed by atoms with Crippen molar-refractivity contribution < 1.29 is 52.7 Å². The lowest BCUT2D eigenvalue weighted by molar-refractivity contribution is -0.116. The quantitative estimate of drug-likeness (QED) is 0.0287. The van der Waals surface area contributed by atoms with Gasteiger partial charge in [0.2, 0.25) is 5.91 Å². The third-order valence-electron chi connectivity index (χ3n) is 7.59. The Labute approximate surface area is 335 Å². The average molecular weight is 875 g/mol. The number of nitrogen functional groups attached to an aromatic ring is 2. The number of anilines is 4. The number of rotatable bonds is 16. The molecule has 0 saturated heterocycles. The van der Waals surface area contributed by atoms with E-state index in [9.17, 15) is 52.7 Å². The van der Waals surface area contributed by atoms with E-state index < -0.39 is 67.0 Å². The number of nitrogens with two attached hydrogens (primary N) is 2. The van der Waals surface area contributed by atoms with Crippen molar-refractivity contribution in [1.29, 1.82) is 0 Å². The number of carbonyl (C=O) groups excluding carboxylic acids is 1. The van der Waals surface area contributed by atoms with Gasteiger partial charge >= 0.3 is 0 Å². The predicted molar refractivity (Wildman–Crippen MR) is 222 cm³/mol. The van der Waals surface area contributed by atoms with Gasteiger partial charge in [0, 0.05) is 34.7 Å². The summed E-state index contributed by atoms with van der Waals surface area (Å²) in [6.07, 6.45) is 4.11. The van der Waals surface area contributed by atoms with Crippen LogP contribution in [0.5, 0.6) is 5.75 Å². The van der Waals surface area contributed by atoms with Crippen LogP contribution < -0.4 is 22.1 Å². The number of carbonyl (C=O) groups is 1. The number of sulfone groups is 2. The lowest BCUT2D eigenvalue weighted by atomic mass is 10.1. The van der Waals surface area contributed by atoms with E-state index in [-0.39, 0.29) is 57.0 Å². The first-order valence-electron chi connectivity index (χ1n) is 16.2. The Morgan fingerprint density at radius 1 is 0.759 bits per heavy atom. The van der Waals surface area contributed by atoms with Gasteiger partial charge in [0.25, 0.3) is 20.2 Å². The largest absolute Gasteiger partial charge is 0.507 e. The number of benzene rings is 4. The Balaban J connectivity index is 0.000000639. The summed E-state index contributed by atoms with van der Waals surface area (Å²) in [6.45, 7) is 13.7. The van der Waals surface area contributed by atoms with Crippen molar-refractivity contribution in [3.05, 3.63) is 122 Å². The van der Waals surface area contributed by atoms with Crippen LogP contribution in [0.3, 0.4) is 0 Å². The number of aromatic hydroxyl groups is 1. The number of allylic oxidation sites excluding steroid dienone is 3. The van der Waals surface area contributed by atoms with Gasteiger partial charge in [-0.25, -0.2) is 16.8 Å². The van der Waals surface area contributed by atoms with E-state index in [4.69, 9.17) is 11.5 Å². The van der Waals surface area contributed by atoms with Gasteiger partial charge in [-0.05, 0) is 72.5 Å². The number of nitrogens with one attached hydrogen (secondary N) is 2. The minimum atomic E-state index is -4.97.